The molecule has 4 nitrogen and oxygen atoms in total. The molecule has 1 saturated heterocycles. The second-order valence-electron chi connectivity index (χ2n) is 6.31. The van der Waals surface area contributed by atoms with Crippen LogP contribution >= 0.6 is 11.6 Å². The van der Waals surface area contributed by atoms with Crippen LogP contribution in [0.5, 0.6) is 0 Å². The van der Waals surface area contributed by atoms with Crippen LogP contribution in [-0.4, -0.2) is 35.8 Å². The van der Waals surface area contributed by atoms with Gasteiger partial charge in [0.15, 0.2) is 0 Å². The van der Waals surface area contributed by atoms with Crippen LogP contribution in [-0.2, 0) is 4.79 Å². The fourth-order valence-corrected chi connectivity index (χ4v) is 3.16. The minimum absolute atomic E-state index is 0.0566. The lowest BCUT2D eigenvalue weighted by molar-refractivity contribution is -0.123. The van der Waals surface area contributed by atoms with Crippen LogP contribution in [0.25, 0.3) is 0 Å². The lowest BCUT2D eigenvalue weighted by atomic mass is 10.0. The van der Waals surface area contributed by atoms with Crippen LogP contribution in [0.3, 0.4) is 0 Å². The number of piperidine rings is 1. The van der Waals surface area contributed by atoms with E-state index in [9.17, 15) is 9.59 Å². The van der Waals surface area contributed by atoms with Gasteiger partial charge >= 0.3 is 0 Å². The predicted octanol–water partition coefficient (Wildman–Crippen LogP) is 2.78. The Bertz CT molecular complexity index is 590. The summed E-state index contributed by atoms with van der Waals surface area (Å²) >= 11 is 5.94. The largest absolute Gasteiger partial charge is 0.353 e. The molecule has 3 rings (SSSR count). The van der Waals surface area contributed by atoms with Crippen molar-refractivity contribution >= 4 is 23.4 Å². The molecule has 1 heterocycles. The number of amides is 2. The van der Waals surface area contributed by atoms with Crippen LogP contribution < -0.4 is 5.32 Å². The van der Waals surface area contributed by atoms with Gasteiger partial charge in [0, 0.05) is 35.6 Å². The molecule has 2 amide bonds. The van der Waals surface area contributed by atoms with E-state index in [0.717, 1.165) is 31.2 Å². The van der Waals surface area contributed by atoms with E-state index in [-0.39, 0.29) is 23.8 Å². The fourth-order valence-electron chi connectivity index (χ4n) is 2.93. The van der Waals surface area contributed by atoms with E-state index in [1.54, 1.807) is 12.1 Å². The van der Waals surface area contributed by atoms with Gasteiger partial charge in [0.05, 0.1) is 0 Å². The zero-order valence-corrected chi connectivity index (χ0v) is 13.5. The van der Waals surface area contributed by atoms with Crippen LogP contribution in [0.2, 0.25) is 5.02 Å². The van der Waals surface area contributed by atoms with E-state index in [1.807, 2.05) is 17.9 Å². The highest BCUT2D eigenvalue weighted by Gasteiger charge is 2.32. The van der Waals surface area contributed by atoms with E-state index >= 15 is 0 Å². The van der Waals surface area contributed by atoms with Crippen molar-refractivity contribution in [3.05, 3.63) is 34.3 Å². The van der Waals surface area contributed by atoms with Gasteiger partial charge < -0.3 is 10.2 Å². The van der Waals surface area contributed by atoms with Crippen molar-refractivity contribution in [2.45, 2.75) is 38.6 Å². The molecule has 1 aromatic carbocycles. The van der Waals surface area contributed by atoms with E-state index in [4.69, 9.17) is 11.6 Å². The van der Waals surface area contributed by atoms with Gasteiger partial charge in [-0.1, -0.05) is 11.6 Å². The molecule has 118 valence electrons. The van der Waals surface area contributed by atoms with E-state index in [0.29, 0.717) is 23.7 Å². The molecule has 5 heteroatoms. The highest BCUT2D eigenvalue weighted by atomic mass is 35.5. The van der Waals surface area contributed by atoms with Crippen LogP contribution in [0.4, 0.5) is 0 Å². The SMILES string of the molecule is Cc1cc(Cl)ccc1C(=O)N1CCC(NC(=O)C2CC2)CC1. The molecule has 0 bridgehead atoms. The number of benzene rings is 1. The average Bonchev–Trinajstić information content (AvgIpc) is 3.32. The Hall–Kier alpha value is -1.55. The summed E-state index contributed by atoms with van der Waals surface area (Å²) in [5.74, 6) is 0.496. The van der Waals surface area contributed by atoms with Gasteiger partial charge in [-0.25, -0.2) is 0 Å². The van der Waals surface area contributed by atoms with Gasteiger partial charge in [-0.3, -0.25) is 9.59 Å². The third-order valence-corrected chi connectivity index (χ3v) is 4.73. The molecular formula is C17H21ClN2O2. The Morgan fingerprint density at radius 1 is 1.18 bits per heavy atom. The van der Waals surface area contributed by atoms with Crippen molar-refractivity contribution < 1.29 is 9.59 Å². The fraction of sp³-hybridized carbons (Fsp3) is 0.529. The molecule has 0 aromatic heterocycles. The highest BCUT2D eigenvalue weighted by Crippen LogP contribution is 2.29. The molecule has 2 fully saturated rings. The van der Waals surface area contributed by atoms with E-state index in [1.165, 1.54) is 0 Å². The summed E-state index contributed by atoms with van der Waals surface area (Å²) in [7, 11) is 0. The lowest BCUT2D eigenvalue weighted by Gasteiger charge is -2.32. The number of hydrogen-bond donors (Lipinski definition) is 1. The minimum Gasteiger partial charge on any atom is -0.353 e. The molecule has 1 saturated carbocycles. The maximum absolute atomic E-state index is 12.6. The Labute approximate surface area is 135 Å². The molecule has 1 aliphatic heterocycles. The molecule has 1 aliphatic carbocycles. The quantitative estimate of drug-likeness (QED) is 0.931. The molecular weight excluding hydrogens is 300 g/mol. The number of aryl methyl sites for hydroxylation is 1. The number of nitrogens with one attached hydrogen (secondary N) is 1. The zero-order valence-electron chi connectivity index (χ0n) is 12.8. The number of nitrogens with zero attached hydrogens (tertiary/aromatic N) is 1. The maximum atomic E-state index is 12.6. The molecule has 0 radical (unpaired) electrons. The molecule has 2 aliphatic rings. The van der Waals surface area contributed by atoms with Crippen molar-refractivity contribution in [1.29, 1.82) is 0 Å². The van der Waals surface area contributed by atoms with Gasteiger partial charge in [-0.2, -0.15) is 0 Å². The number of carbonyl (C=O) groups excluding carboxylic acids is 2. The third-order valence-electron chi connectivity index (χ3n) is 4.50. The second-order valence-corrected chi connectivity index (χ2v) is 6.75. The Morgan fingerprint density at radius 2 is 1.86 bits per heavy atom. The first-order valence-corrected chi connectivity index (χ1v) is 8.28. The summed E-state index contributed by atoms with van der Waals surface area (Å²) in [4.78, 5) is 26.2. The first-order chi connectivity index (χ1) is 10.5. The molecule has 1 N–H and O–H groups in total. The number of likely N-dealkylation sites (tertiary alicyclic amines) is 1. The Morgan fingerprint density at radius 3 is 2.45 bits per heavy atom. The van der Waals surface area contributed by atoms with Crippen molar-refractivity contribution in [1.82, 2.24) is 10.2 Å². The highest BCUT2D eigenvalue weighted by molar-refractivity contribution is 6.30. The first-order valence-electron chi connectivity index (χ1n) is 7.90. The van der Waals surface area contributed by atoms with Crippen molar-refractivity contribution in [3.8, 4) is 0 Å². The van der Waals surface area contributed by atoms with Gasteiger partial charge in [-0.15, -0.1) is 0 Å². The second kappa shape index (κ2) is 6.29. The number of hydrogen-bond acceptors (Lipinski definition) is 2. The smallest absolute Gasteiger partial charge is 0.254 e. The van der Waals surface area contributed by atoms with E-state index in [2.05, 4.69) is 5.32 Å². The van der Waals surface area contributed by atoms with Gasteiger partial charge in [0.2, 0.25) is 5.91 Å². The molecule has 1 aromatic rings. The summed E-state index contributed by atoms with van der Waals surface area (Å²) in [6.45, 7) is 3.29. The summed E-state index contributed by atoms with van der Waals surface area (Å²) in [5.41, 5.74) is 1.62. The lowest BCUT2D eigenvalue weighted by Crippen LogP contribution is -2.47. The molecule has 0 unspecified atom stereocenters. The topological polar surface area (TPSA) is 49.4 Å². The molecule has 22 heavy (non-hydrogen) atoms. The standard InChI is InChI=1S/C17H21ClN2O2/c1-11-10-13(18)4-5-15(11)17(22)20-8-6-14(7-9-20)19-16(21)12-2-3-12/h4-5,10,12,14H,2-3,6-9H2,1H3,(H,19,21). The summed E-state index contributed by atoms with van der Waals surface area (Å²) in [5, 5.41) is 3.75. The molecule has 0 atom stereocenters. The summed E-state index contributed by atoms with van der Waals surface area (Å²) < 4.78 is 0. The summed E-state index contributed by atoms with van der Waals surface area (Å²) in [6, 6.07) is 5.58. The van der Waals surface area contributed by atoms with Crippen LogP contribution in [0.1, 0.15) is 41.6 Å². The van der Waals surface area contributed by atoms with Crippen molar-refractivity contribution in [2.24, 2.45) is 5.92 Å². The van der Waals surface area contributed by atoms with Crippen LogP contribution in [0, 0.1) is 12.8 Å². The third kappa shape index (κ3) is 3.43. The van der Waals surface area contributed by atoms with Crippen molar-refractivity contribution in [2.75, 3.05) is 13.1 Å². The Balaban J connectivity index is 1.56. The average molecular weight is 321 g/mol. The van der Waals surface area contributed by atoms with Crippen molar-refractivity contribution in [3.63, 3.8) is 0 Å². The Kier molecular flexibility index (Phi) is 4.39. The minimum atomic E-state index is 0.0566. The number of carbonyl (C=O) groups is 2. The molecule has 0 spiro atoms. The number of rotatable bonds is 3. The summed E-state index contributed by atoms with van der Waals surface area (Å²) in [6.07, 6.45) is 3.71. The van der Waals surface area contributed by atoms with Crippen LogP contribution in [0.15, 0.2) is 18.2 Å². The van der Waals surface area contributed by atoms with Gasteiger partial charge in [0.25, 0.3) is 5.91 Å². The maximum Gasteiger partial charge on any atom is 0.254 e. The van der Waals surface area contributed by atoms with E-state index < -0.39 is 0 Å². The monoisotopic (exact) mass is 320 g/mol. The first kappa shape index (κ1) is 15.3. The predicted molar refractivity (Wildman–Crippen MR) is 86.0 cm³/mol. The number of halogens is 1. The normalized spacial score (nSPS) is 19.1. The van der Waals surface area contributed by atoms with Gasteiger partial charge in [-0.05, 0) is 56.4 Å². The van der Waals surface area contributed by atoms with Gasteiger partial charge in [0.1, 0.15) is 0 Å². The zero-order chi connectivity index (χ0) is 15.7.